The Labute approximate surface area is 193 Å². The fraction of sp³-hybridized carbons (Fsp3) is 0.300. The number of aliphatic imine (C=N–C) groups is 1. The highest BCUT2D eigenvalue weighted by molar-refractivity contribution is 7.99. The second kappa shape index (κ2) is 11.4. The molecule has 3 heterocycles. The van der Waals surface area contributed by atoms with Crippen molar-refractivity contribution >= 4 is 40.7 Å². The average molecular weight is 474 g/mol. The number of nitrogens with zero attached hydrogens (tertiary/aromatic N) is 4. The van der Waals surface area contributed by atoms with E-state index in [-0.39, 0.29) is 18.3 Å². The molecule has 0 spiro atoms. The third kappa shape index (κ3) is 6.37. The van der Waals surface area contributed by atoms with Crippen LogP contribution in [0.4, 0.5) is 0 Å². The van der Waals surface area contributed by atoms with Crippen molar-refractivity contribution in [3.05, 3.63) is 51.6 Å². The highest BCUT2D eigenvalue weighted by Crippen LogP contribution is 2.20. The lowest BCUT2D eigenvalue weighted by Gasteiger charge is -2.10. The molecule has 0 aliphatic rings. The Hall–Kier alpha value is -3.25. The van der Waals surface area contributed by atoms with Crippen molar-refractivity contribution in [2.24, 2.45) is 4.99 Å². The van der Waals surface area contributed by atoms with Crippen LogP contribution in [0.5, 0.6) is 5.88 Å². The molecule has 32 heavy (non-hydrogen) atoms. The van der Waals surface area contributed by atoms with Crippen LogP contribution in [-0.2, 0) is 11.3 Å². The molecular formula is C20H23N7O3S2. The lowest BCUT2D eigenvalue weighted by molar-refractivity contribution is -0.115. The molecule has 0 aromatic carbocycles. The number of nitrogens with one attached hydrogen (secondary N) is 3. The van der Waals surface area contributed by atoms with E-state index in [2.05, 4.69) is 35.8 Å². The monoisotopic (exact) mass is 473 g/mol. The lowest BCUT2D eigenvalue weighted by Crippen LogP contribution is -2.42. The summed E-state index contributed by atoms with van der Waals surface area (Å²) in [5.74, 6) is 0.246. The summed E-state index contributed by atoms with van der Waals surface area (Å²) in [6, 6.07) is 3.52. The maximum atomic E-state index is 12.5. The predicted molar refractivity (Wildman–Crippen MR) is 123 cm³/mol. The van der Waals surface area contributed by atoms with Crippen molar-refractivity contribution < 1.29 is 14.3 Å². The predicted octanol–water partition coefficient (Wildman–Crippen LogP) is 2.12. The minimum atomic E-state index is -0.478. The van der Waals surface area contributed by atoms with Gasteiger partial charge in [-0.05, 0) is 36.4 Å². The number of carbonyl (C=O) groups is 2. The molecular weight excluding hydrogens is 450 g/mol. The maximum absolute atomic E-state index is 12.5. The van der Waals surface area contributed by atoms with Gasteiger partial charge in [0.15, 0.2) is 5.84 Å². The molecule has 0 atom stereocenters. The van der Waals surface area contributed by atoms with E-state index in [1.54, 1.807) is 18.3 Å². The standard InChI is InChI=1S/C20H23N7O3S2/c1-12-10-32-13(2)16(12)18(28)26-17(21-3)19(29)23-9-14-4-5-22-15(8-14)30-6-7-31-20-24-11-25-27-20/h4-5,8,10-11H,6-7,9H2,1-3H3,(H,23,29)(H,21,26,28)(H,24,25,27). The zero-order valence-electron chi connectivity index (χ0n) is 17.8. The molecule has 0 unspecified atom stereocenters. The summed E-state index contributed by atoms with van der Waals surface area (Å²) in [7, 11) is 1.46. The number of hydrogen-bond acceptors (Lipinski definition) is 9. The van der Waals surface area contributed by atoms with Crippen LogP contribution in [0.1, 0.15) is 26.4 Å². The summed E-state index contributed by atoms with van der Waals surface area (Å²) >= 11 is 2.95. The molecule has 0 bridgehead atoms. The van der Waals surface area contributed by atoms with Gasteiger partial charge in [-0.1, -0.05) is 11.8 Å². The van der Waals surface area contributed by atoms with Crippen molar-refractivity contribution in [3.8, 4) is 5.88 Å². The quantitative estimate of drug-likeness (QED) is 0.197. The first-order valence-corrected chi connectivity index (χ1v) is 11.5. The van der Waals surface area contributed by atoms with Crippen LogP contribution >= 0.6 is 23.1 Å². The number of amidine groups is 1. The Balaban J connectivity index is 1.48. The minimum absolute atomic E-state index is 0.0467. The van der Waals surface area contributed by atoms with Crippen molar-refractivity contribution in [2.45, 2.75) is 25.5 Å². The summed E-state index contributed by atoms with van der Waals surface area (Å²) in [4.78, 5) is 38.1. The lowest BCUT2D eigenvalue weighted by atomic mass is 10.1. The van der Waals surface area contributed by atoms with Gasteiger partial charge in [0.25, 0.3) is 11.8 Å². The summed E-state index contributed by atoms with van der Waals surface area (Å²) in [5.41, 5.74) is 2.24. The van der Waals surface area contributed by atoms with Crippen LogP contribution in [0.2, 0.25) is 0 Å². The molecule has 0 aliphatic heterocycles. The molecule has 0 saturated carbocycles. The van der Waals surface area contributed by atoms with Crippen LogP contribution in [0, 0.1) is 13.8 Å². The van der Waals surface area contributed by atoms with E-state index in [0.29, 0.717) is 29.0 Å². The van der Waals surface area contributed by atoms with E-state index < -0.39 is 5.91 Å². The fourth-order valence-corrected chi connectivity index (χ4v) is 4.18. The molecule has 0 aliphatic carbocycles. The largest absolute Gasteiger partial charge is 0.477 e. The smallest absolute Gasteiger partial charge is 0.287 e. The van der Waals surface area contributed by atoms with E-state index in [0.717, 1.165) is 16.0 Å². The second-order valence-corrected chi connectivity index (χ2v) is 8.69. The van der Waals surface area contributed by atoms with E-state index in [9.17, 15) is 9.59 Å². The van der Waals surface area contributed by atoms with Gasteiger partial charge in [0, 0.05) is 36.5 Å². The fourth-order valence-electron chi connectivity index (χ4n) is 2.75. The van der Waals surface area contributed by atoms with E-state index in [4.69, 9.17) is 4.74 Å². The third-order valence-electron chi connectivity index (χ3n) is 4.27. The van der Waals surface area contributed by atoms with Gasteiger partial charge in [-0.3, -0.25) is 19.7 Å². The van der Waals surface area contributed by atoms with Gasteiger partial charge in [-0.25, -0.2) is 9.97 Å². The molecule has 0 saturated heterocycles. The van der Waals surface area contributed by atoms with Gasteiger partial charge in [-0.2, -0.15) is 0 Å². The van der Waals surface area contributed by atoms with Crippen LogP contribution in [0.25, 0.3) is 0 Å². The van der Waals surface area contributed by atoms with Crippen molar-refractivity contribution in [1.29, 1.82) is 0 Å². The highest BCUT2D eigenvalue weighted by atomic mass is 32.2. The van der Waals surface area contributed by atoms with Crippen LogP contribution in [0.3, 0.4) is 0 Å². The number of aromatic amines is 1. The van der Waals surface area contributed by atoms with Crippen LogP contribution < -0.4 is 15.4 Å². The molecule has 2 amide bonds. The zero-order valence-corrected chi connectivity index (χ0v) is 19.5. The number of rotatable bonds is 8. The normalized spacial score (nSPS) is 11.3. The number of H-pyrrole nitrogens is 1. The Morgan fingerprint density at radius 3 is 2.84 bits per heavy atom. The zero-order chi connectivity index (χ0) is 22.9. The Bertz CT molecular complexity index is 1080. The minimum Gasteiger partial charge on any atom is -0.477 e. The topological polar surface area (TPSA) is 134 Å². The second-order valence-electron chi connectivity index (χ2n) is 6.54. The Morgan fingerprint density at radius 2 is 2.16 bits per heavy atom. The van der Waals surface area contributed by atoms with Gasteiger partial charge in [-0.15, -0.1) is 16.4 Å². The van der Waals surface area contributed by atoms with Gasteiger partial charge >= 0.3 is 0 Å². The van der Waals surface area contributed by atoms with Gasteiger partial charge in [0.05, 0.1) is 12.2 Å². The van der Waals surface area contributed by atoms with E-state index >= 15 is 0 Å². The molecule has 3 N–H and O–H groups in total. The molecule has 10 nitrogen and oxygen atoms in total. The number of aromatic nitrogens is 4. The average Bonchev–Trinajstić information content (AvgIpc) is 3.43. The summed E-state index contributed by atoms with van der Waals surface area (Å²) in [5, 5.41) is 14.5. The molecule has 12 heteroatoms. The number of hydrogen-bond donors (Lipinski definition) is 3. The molecule has 0 radical (unpaired) electrons. The molecule has 168 valence electrons. The van der Waals surface area contributed by atoms with Gasteiger partial charge in [0.2, 0.25) is 11.0 Å². The van der Waals surface area contributed by atoms with Crippen molar-refractivity contribution in [2.75, 3.05) is 19.4 Å². The first-order chi connectivity index (χ1) is 15.5. The number of pyridine rings is 1. The summed E-state index contributed by atoms with van der Waals surface area (Å²) < 4.78 is 5.65. The first kappa shape index (κ1) is 23.4. The molecule has 3 aromatic heterocycles. The number of aryl methyl sites for hydroxylation is 2. The van der Waals surface area contributed by atoms with Gasteiger partial charge < -0.3 is 15.4 Å². The van der Waals surface area contributed by atoms with Crippen LogP contribution in [0.15, 0.2) is 40.2 Å². The summed E-state index contributed by atoms with van der Waals surface area (Å²) in [6.07, 6.45) is 3.13. The number of ether oxygens (including phenoxy) is 1. The molecule has 0 fully saturated rings. The number of amides is 2. The SMILES string of the molecule is C/N=C(\NC(=O)c1c(C)csc1C)C(=O)NCc1ccnc(OCCSc2nc[nH]n2)c1. The highest BCUT2D eigenvalue weighted by Gasteiger charge is 2.19. The van der Waals surface area contributed by atoms with Crippen molar-refractivity contribution in [3.63, 3.8) is 0 Å². The van der Waals surface area contributed by atoms with Gasteiger partial charge in [0.1, 0.15) is 6.33 Å². The number of thioether (sulfide) groups is 1. The van der Waals surface area contributed by atoms with Crippen molar-refractivity contribution in [1.82, 2.24) is 30.8 Å². The number of carbonyl (C=O) groups excluding carboxylic acids is 2. The molecule has 3 aromatic rings. The summed E-state index contributed by atoms with van der Waals surface area (Å²) in [6.45, 7) is 4.39. The number of thiophene rings is 1. The van der Waals surface area contributed by atoms with E-state index in [1.165, 1.54) is 36.5 Å². The third-order valence-corrected chi connectivity index (χ3v) is 6.12. The maximum Gasteiger partial charge on any atom is 0.287 e. The molecule has 3 rings (SSSR count). The first-order valence-electron chi connectivity index (χ1n) is 9.65. The Kier molecular flexibility index (Phi) is 8.34. The van der Waals surface area contributed by atoms with Crippen LogP contribution in [-0.4, -0.2) is 57.2 Å². The Morgan fingerprint density at radius 1 is 1.31 bits per heavy atom. The van der Waals surface area contributed by atoms with E-state index in [1.807, 2.05) is 19.2 Å².